The second kappa shape index (κ2) is 8.71. The lowest BCUT2D eigenvalue weighted by molar-refractivity contribution is -0.314. The molecule has 1 saturated heterocycles. The van der Waals surface area contributed by atoms with Gasteiger partial charge in [-0.25, -0.2) is 4.79 Å². The van der Waals surface area contributed by atoms with Crippen LogP contribution in [0.2, 0.25) is 0 Å². The predicted molar refractivity (Wildman–Crippen MR) is 107 cm³/mol. The van der Waals surface area contributed by atoms with Crippen molar-refractivity contribution >= 4 is 5.97 Å². The maximum absolute atomic E-state index is 11.8. The first-order valence-corrected chi connectivity index (χ1v) is 9.50. The number of carbonyl (C=O) groups is 1. The Balaban J connectivity index is 1.85. The molecular formula is C22H26O8. The third-order valence-corrected chi connectivity index (χ3v) is 5.28. The molecule has 1 aliphatic rings. The Morgan fingerprint density at radius 2 is 1.87 bits per heavy atom. The van der Waals surface area contributed by atoms with E-state index in [0.717, 1.165) is 16.7 Å². The van der Waals surface area contributed by atoms with Crippen molar-refractivity contribution in [3.63, 3.8) is 0 Å². The van der Waals surface area contributed by atoms with Crippen molar-refractivity contribution in [2.75, 3.05) is 13.7 Å². The quantitative estimate of drug-likeness (QED) is 0.531. The fourth-order valence-electron chi connectivity index (χ4n) is 3.38. The molecule has 0 aromatic heterocycles. The van der Waals surface area contributed by atoms with Gasteiger partial charge < -0.3 is 34.6 Å². The van der Waals surface area contributed by atoms with E-state index in [-0.39, 0.29) is 0 Å². The van der Waals surface area contributed by atoms with E-state index in [1.54, 1.807) is 37.3 Å². The fourth-order valence-corrected chi connectivity index (χ4v) is 3.38. The summed E-state index contributed by atoms with van der Waals surface area (Å²) in [7, 11) is 1.32. The zero-order valence-corrected chi connectivity index (χ0v) is 17.0. The number of hydrogen-bond acceptors (Lipinski definition) is 8. The van der Waals surface area contributed by atoms with Gasteiger partial charge in [0.25, 0.3) is 0 Å². The van der Waals surface area contributed by atoms with Crippen molar-refractivity contribution in [3.8, 4) is 16.9 Å². The van der Waals surface area contributed by atoms with Gasteiger partial charge in [0, 0.05) is 0 Å². The number of hydrogen-bond donors (Lipinski definition) is 4. The summed E-state index contributed by atoms with van der Waals surface area (Å²) in [5.41, 5.74) is 0.905. The smallest absolute Gasteiger partial charge is 0.337 e. The van der Waals surface area contributed by atoms with Gasteiger partial charge in [0.15, 0.2) is 5.60 Å². The van der Waals surface area contributed by atoms with Crippen LogP contribution in [0, 0.1) is 6.92 Å². The van der Waals surface area contributed by atoms with Crippen molar-refractivity contribution in [1.82, 2.24) is 0 Å². The summed E-state index contributed by atoms with van der Waals surface area (Å²) in [5, 5.41) is 40.1. The lowest BCUT2D eigenvalue weighted by atomic mass is 9.88. The van der Waals surface area contributed by atoms with E-state index in [2.05, 4.69) is 0 Å². The molecule has 0 aliphatic carbocycles. The van der Waals surface area contributed by atoms with Gasteiger partial charge >= 0.3 is 5.97 Å². The van der Waals surface area contributed by atoms with Gasteiger partial charge in [0.1, 0.15) is 24.1 Å². The number of ether oxygens (including phenoxy) is 3. The van der Waals surface area contributed by atoms with Gasteiger partial charge in [-0.2, -0.15) is 0 Å². The maximum atomic E-state index is 11.8. The molecular weight excluding hydrogens is 392 g/mol. The monoisotopic (exact) mass is 418 g/mol. The van der Waals surface area contributed by atoms with E-state index in [1.807, 2.05) is 12.1 Å². The molecule has 0 amide bonds. The summed E-state index contributed by atoms with van der Waals surface area (Å²) in [6.07, 6.45) is -5.41. The van der Waals surface area contributed by atoms with Crippen LogP contribution >= 0.6 is 0 Å². The summed E-state index contributed by atoms with van der Waals surface area (Å²) < 4.78 is 16.0. The van der Waals surface area contributed by atoms with Gasteiger partial charge in [-0.15, -0.1) is 0 Å². The van der Waals surface area contributed by atoms with Crippen LogP contribution in [-0.2, 0) is 9.47 Å². The molecule has 1 heterocycles. The van der Waals surface area contributed by atoms with Crippen LogP contribution in [0.4, 0.5) is 0 Å². The van der Waals surface area contributed by atoms with Crippen molar-refractivity contribution < 1.29 is 39.4 Å². The number of aryl methyl sites for hydroxylation is 1. The molecule has 0 unspecified atom stereocenters. The Labute approximate surface area is 174 Å². The Bertz CT molecular complexity index is 910. The van der Waals surface area contributed by atoms with Gasteiger partial charge in [-0.1, -0.05) is 18.2 Å². The minimum absolute atomic E-state index is 0.397. The summed E-state index contributed by atoms with van der Waals surface area (Å²) in [5.74, 6) is -0.0298. The fraction of sp³-hybridized carbons (Fsp3) is 0.409. The van der Waals surface area contributed by atoms with Crippen molar-refractivity contribution in [1.29, 1.82) is 0 Å². The first-order chi connectivity index (χ1) is 14.2. The third-order valence-electron chi connectivity index (χ3n) is 5.28. The highest BCUT2D eigenvalue weighted by atomic mass is 16.7. The Morgan fingerprint density at radius 1 is 1.17 bits per heavy atom. The first kappa shape index (κ1) is 22.2. The van der Waals surface area contributed by atoms with Crippen LogP contribution in [0.3, 0.4) is 0 Å². The van der Waals surface area contributed by atoms with Crippen molar-refractivity contribution in [3.05, 3.63) is 53.6 Å². The molecule has 1 fully saturated rings. The Kier molecular flexibility index (Phi) is 6.44. The van der Waals surface area contributed by atoms with E-state index in [4.69, 9.17) is 14.2 Å². The molecule has 0 spiro atoms. The highest BCUT2D eigenvalue weighted by Gasteiger charge is 2.53. The average molecular weight is 418 g/mol. The summed E-state index contributed by atoms with van der Waals surface area (Å²) in [6, 6.07) is 12.3. The van der Waals surface area contributed by atoms with Crippen LogP contribution in [0.15, 0.2) is 42.5 Å². The highest BCUT2D eigenvalue weighted by Crippen LogP contribution is 2.34. The summed E-state index contributed by atoms with van der Waals surface area (Å²) >= 11 is 0. The van der Waals surface area contributed by atoms with Gasteiger partial charge in [0.05, 0.1) is 19.3 Å². The second-order valence-corrected chi connectivity index (χ2v) is 7.52. The molecule has 2 aromatic rings. The molecule has 3 rings (SSSR count). The van der Waals surface area contributed by atoms with E-state index >= 15 is 0 Å². The lowest BCUT2D eigenvalue weighted by Gasteiger charge is -2.45. The zero-order chi connectivity index (χ0) is 22.1. The molecule has 162 valence electrons. The summed E-state index contributed by atoms with van der Waals surface area (Å²) in [6.45, 7) is 2.55. The number of carbonyl (C=O) groups excluding carboxylic acids is 1. The zero-order valence-electron chi connectivity index (χ0n) is 17.0. The van der Waals surface area contributed by atoms with Gasteiger partial charge in [-0.05, 0) is 54.8 Å². The van der Waals surface area contributed by atoms with Crippen LogP contribution < -0.4 is 4.74 Å². The molecule has 1 aliphatic heterocycles. The maximum Gasteiger partial charge on any atom is 0.337 e. The standard InChI is InChI=1S/C22H26O8/c1-12-9-14(13-5-4-6-15(10-13)20(26)28-3)7-8-16(12)29-21-22(2,27)19(25)18(24)17(11-23)30-21/h4-10,17-19,21,23-25,27H,11H2,1-3H3/t17-,18-,19+,21+,22+/m1/s1. The number of methoxy groups -OCH3 is 1. The molecule has 30 heavy (non-hydrogen) atoms. The van der Waals surface area contributed by atoms with E-state index in [9.17, 15) is 25.2 Å². The summed E-state index contributed by atoms with van der Waals surface area (Å²) in [4.78, 5) is 11.8. The van der Waals surface area contributed by atoms with Crippen LogP contribution in [0.1, 0.15) is 22.8 Å². The molecule has 5 atom stereocenters. The first-order valence-electron chi connectivity index (χ1n) is 9.50. The third kappa shape index (κ3) is 4.19. The van der Waals surface area contributed by atoms with E-state index < -0.39 is 42.8 Å². The second-order valence-electron chi connectivity index (χ2n) is 7.52. The largest absolute Gasteiger partial charge is 0.465 e. The average Bonchev–Trinajstić information content (AvgIpc) is 2.75. The normalized spacial score (nSPS) is 28.8. The SMILES string of the molecule is COC(=O)c1cccc(-c2ccc(O[C@H]3O[C@H](CO)[C@@H](O)[C@H](O)[C@]3(C)O)c(C)c2)c1. The molecule has 8 nitrogen and oxygen atoms in total. The molecule has 0 saturated carbocycles. The van der Waals surface area contributed by atoms with Gasteiger partial charge in [0.2, 0.25) is 6.29 Å². The molecule has 0 bridgehead atoms. The highest BCUT2D eigenvalue weighted by molar-refractivity contribution is 5.91. The number of rotatable bonds is 5. The van der Waals surface area contributed by atoms with Crippen LogP contribution in [-0.4, -0.2) is 70.3 Å². The number of esters is 1. The van der Waals surface area contributed by atoms with E-state index in [0.29, 0.717) is 11.3 Å². The predicted octanol–water partition coefficient (Wildman–Crippen LogP) is 1.02. The number of benzene rings is 2. The van der Waals surface area contributed by atoms with E-state index in [1.165, 1.54) is 14.0 Å². The lowest BCUT2D eigenvalue weighted by Crippen LogP contribution is -2.66. The Hall–Kier alpha value is -2.49. The van der Waals surface area contributed by atoms with Gasteiger partial charge in [-0.3, -0.25) is 0 Å². The van der Waals surface area contributed by atoms with Crippen LogP contribution in [0.5, 0.6) is 5.75 Å². The van der Waals surface area contributed by atoms with Crippen molar-refractivity contribution in [2.45, 2.75) is 44.1 Å². The molecule has 2 aromatic carbocycles. The topological polar surface area (TPSA) is 126 Å². The molecule has 0 radical (unpaired) electrons. The minimum Gasteiger partial charge on any atom is -0.465 e. The van der Waals surface area contributed by atoms with Crippen LogP contribution in [0.25, 0.3) is 11.1 Å². The van der Waals surface area contributed by atoms with Crippen molar-refractivity contribution in [2.24, 2.45) is 0 Å². The molecule has 4 N–H and O–H groups in total. The minimum atomic E-state index is -1.90. The number of aliphatic hydroxyl groups excluding tert-OH is 3. The molecule has 8 heteroatoms. The Morgan fingerprint density at radius 3 is 2.50 bits per heavy atom. The number of aliphatic hydroxyl groups is 4.